The fraction of sp³-hybridized carbons (Fsp3) is 0.133. The van der Waals surface area contributed by atoms with Crippen molar-refractivity contribution in [2.75, 3.05) is 17.2 Å². The highest BCUT2D eigenvalue weighted by Gasteiger charge is 2.24. The lowest BCUT2D eigenvalue weighted by molar-refractivity contribution is 0.340. The molecule has 0 unspecified atom stereocenters. The zero-order valence-corrected chi connectivity index (χ0v) is 14.6. The molecular weight excluding hydrogens is 412 g/mol. The van der Waals surface area contributed by atoms with E-state index in [0.29, 0.717) is 18.0 Å². The molecule has 3 nitrogen and oxygen atoms in total. The van der Waals surface area contributed by atoms with Gasteiger partial charge in [-0.3, -0.25) is 0 Å². The largest absolute Gasteiger partial charge is 0.494 e. The SMILES string of the molecule is CCOc1ccc(NC(=S)Nc2c(F)c(F)c(Br)c(F)c2F)cc1. The highest BCUT2D eigenvalue weighted by molar-refractivity contribution is 9.10. The van der Waals surface area contributed by atoms with E-state index in [1.165, 1.54) is 0 Å². The fourth-order valence-electron chi connectivity index (χ4n) is 1.79. The Labute approximate surface area is 149 Å². The standard InChI is InChI=1S/C15H11BrF4N2OS/c1-2-23-8-5-3-7(4-6-8)21-15(24)22-14-12(19)10(17)9(16)11(18)13(14)20/h3-6H,2H2,1H3,(H2,21,22,24). The van der Waals surface area contributed by atoms with Crippen LogP contribution in [0.3, 0.4) is 0 Å². The van der Waals surface area contributed by atoms with Crippen LogP contribution in [0.15, 0.2) is 28.7 Å². The molecule has 0 atom stereocenters. The number of benzene rings is 2. The maximum Gasteiger partial charge on any atom is 0.186 e. The first-order valence-corrected chi connectivity index (χ1v) is 7.87. The van der Waals surface area contributed by atoms with E-state index in [1.54, 1.807) is 24.3 Å². The summed E-state index contributed by atoms with van der Waals surface area (Å²) in [4.78, 5) is 0. The van der Waals surface area contributed by atoms with Crippen molar-refractivity contribution in [1.29, 1.82) is 0 Å². The van der Waals surface area contributed by atoms with E-state index in [9.17, 15) is 17.6 Å². The van der Waals surface area contributed by atoms with E-state index < -0.39 is 33.4 Å². The minimum atomic E-state index is -1.59. The van der Waals surface area contributed by atoms with E-state index in [-0.39, 0.29) is 5.11 Å². The van der Waals surface area contributed by atoms with Gasteiger partial charge >= 0.3 is 0 Å². The first-order chi connectivity index (χ1) is 11.3. The van der Waals surface area contributed by atoms with Crippen LogP contribution in [0.4, 0.5) is 28.9 Å². The molecule has 2 rings (SSSR count). The molecular formula is C15H11BrF4N2OS. The third kappa shape index (κ3) is 3.96. The van der Waals surface area contributed by atoms with Crippen LogP contribution in [0.5, 0.6) is 5.75 Å². The van der Waals surface area contributed by atoms with Gasteiger partial charge in [-0.2, -0.15) is 0 Å². The van der Waals surface area contributed by atoms with Crippen molar-refractivity contribution in [2.45, 2.75) is 6.92 Å². The van der Waals surface area contributed by atoms with Crippen molar-refractivity contribution in [3.8, 4) is 5.75 Å². The quantitative estimate of drug-likeness (QED) is 0.306. The third-order valence-corrected chi connectivity index (χ3v) is 3.77. The second-order valence-corrected chi connectivity index (χ2v) is 5.68. The minimum Gasteiger partial charge on any atom is -0.494 e. The predicted molar refractivity (Wildman–Crippen MR) is 91.4 cm³/mol. The van der Waals surface area contributed by atoms with Crippen LogP contribution in [-0.4, -0.2) is 11.7 Å². The lowest BCUT2D eigenvalue weighted by Gasteiger charge is -2.14. The van der Waals surface area contributed by atoms with Gasteiger partial charge in [-0.25, -0.2) is 17.6 Å². The molecule has 2 N–H and O–H groups in total. The molecule has 24 heavy (non-hydrogen) atoms. The number of halogens is 5. The second-order valence-electron chi connectivity index (χ2n) is 4.48. The lowest BCUT2D eigenvalue weighted by atomic mass is 10.2. The summed E-state index contributed by atoms with van der Waals surface area (Å²) < 4.78 is 58.8. The van der Waals surface area contributed by atoms with E-state index in [1.807, 2.05) is 6.92 Å². The lowest BCUT2D eigenvalue weighted by Crippen LogP contribution is -2.21. The number of rotatable bonds is 4. The van der Waals surface area contributed by atoms with Gasteiger partial charge in [-0.15, -0.1) is 0 Å². The molecule has 9 heteroatoms. The van der Waals surface area contributed by atoms with Crippen molar-refractivity contribution in [2.24, 2.45) is 0 Å². The van der Waals surface area contributed by atoms with Gasteiger partial charge in [-0.1, -0.05) is 0 Å². The second kappa shape index (κ2) is 7.80. The number of anilines is 2. The van der Waals surface area contributed by atoms with Crippen molar-refractivity contribution < 1.29 is 22.3 Å². The highest BCUT2D eigenvalue weighted by Crippen LogP contribution is 2.31. The molecule has 0 fully saturated rings. The summed E-state index contributed by atoms with van der Waals surface area (Å²) in [7, 11) is 0. The van der Waals surface area contributed by atoms with Crippen LogP contribution >= 0.6 is 28.1 Å². The minimum absolute atomic E-state index is 0.238. The summed E-state index contributed by atoms with van der Waals surface area (Å²) in [6.45, 7) is 2.34. The molecule has 0 bridgehead atoms. The Bertz CT molecular complexity index is 742. The summed E-state index contributed by atoms with van der Waals surface area (Å²) in [5, 5.41) is 4.52. The average molecular weight is 423 g/mol. The molecule has 0 saturated carbocycles. The van der Waals surface area contributed by atoms with Gasteiger partial charge in [0.1, 0.15) is 11.4 Å². The van der Waals surface area contributed by atoms with Crippen molar-refractivity contribution >= 4 is 44.6 Å². The molecule has 0 aromatic heterocycles. The van der Waals surface area contributed by atoms with E-state index >= 15 is 0 Å². The maximum absolute atomic E-state index is 13.8. The van der Waals surface area contributed by atoms with Crippen LogP contribution in [0.2, 0.25) is 0 Å². The highest BCUT2D eigenvalue weighted by atomic mass is 79.9. The molecule has 2 aromatic carbocycles. The van der Waals surface area contributed by atoms with Crippen molar-refractivity contribution in [3.63, 3.8) is 0 Å². The zero-order valence-electron chi connectivity index (χ0n) is 12.2. The zero-order chi connectivity index (χ0) is 17.9. The van der Waals surface area contributed by atoms with Crippen LogP contribution < -0.4 is 15.4 Å². The van der Waals surface area contributed by atoms with Crippen LogP contribution in [-0.2, 0) is 0 Å². The molecule has 128 valence electrons. The van der Waals surface area contributed by atoms with Gasteiger partial charge in [0.25, 0.3) is 0 Å². The van der Waals surface area contributed by atoms with Gasteiger partial charge in [0.05, 0.1) is 11.1 Å². The van der Waals surface area contributed by atoms with E-state index in [0.717, 1.165) is 0 Å². The molecule has 0 aliphatic rings. The normalized spacial score (nSPS) is 10.4. The van der Waals surface area contributed by atoms with E-state index in [4.69, 9.17) is 17.0 Å². The topological polar surface area (TPSA) is 33.3 Å². The number of ether oxygens (including phenoxy) is 1. The number of hydrogen-bond acceptors (Lipinski definition) is 2. The Hall–Kier alpha value is -1.87. The maximum atomic E-state index is 13.8. The molecule has 0 amide bonds. The molecule has 2 aromatic rings. The Balaban J connectivity index is 2.15. The molecule has 0 spiro atoms. The average Bonchev–Trinajstić information content (AvgIpc) is 2.57. The summed E-state index contributed by atoms with van der Waals surface area (Å²) in [6, 6.07) is 6.56. The van der Waals surface area contributed by atoms with Gasteiger partial charge in [0, 0.05) is 5.69 Å². The molecule has 0 radical (unpaired) electrons. The fourth-order valence-corrected chi connectivity index (χ4v) is 2.36. The first kappa shape index (κ1) is 18.5. The molecule has 0 heterocycles. The number of thiocarbonyl (C=S) groups is 1. The van der Waals surface area contributed by atoms with Gasteiger partial charge < -0.3 is 15.4 Å². The van der Waals surface area contributed by atoms with E-state index in [2.05, 4.69) is 26.6 Å². The summed E-state index contributed by atoms with van der Waals surface area (Å²) in [5.74, 6) is -5.65. The number of hydrogen-bond donors (Lipinski definition) is 2. The molecule has 0 aliphatic heterocycles. The van der Waals surface area contributed by atoms with Crippen LogP contribution in [0.25, 0.3) is 0 Å². The van der Waals surface area contributed by atoms with Crippen molar-refractivity contribution in [1.82, 2.24) is 0 Å². The molecule has 0 saturated heterocycles. The Morgan fingerprint density at radius 3 is 2.04 bits per heavy atom. The third-order valence-electron chi connectivity index (χ3n) is 2.87. The summed E-state index contributed by atoms with van der Waals surface area (Å²) in [5.41, 5.74) is -0.522. The summed E-state index contributed by atoms with van der Waals surface area (Å²) in [6.07, 6.45) is 0. The van der Waals surface area contributed by atoms with Gasteiger partial charge in [0.15, 0.2) is 28.4 Å². The first-order valence-electron chi connectivity index (χ1n) is 6.67. The Kier molecular flexibility index (Phi) is 6.00. The monoisotopic (exact) mass is 422 g/mol. The smallest absolute Gasteiger partial charge is 0.186 e. The van der Waals surface area contributed by atoms with Gasteiger partial charge in [-0.05, 0) is 59.3 Å². The molecule has 0 aliphatic carbocycles. The Morgan fingerprint density at radius 2 is 1.54 bits per heavy atom. The summed E-state index contributed by atoms with van der Waals surface area (Å²) >= 11 is 7.33. The van der Waals surface area contributed by atoms with Gasteiger partial charge in [0.2, 0.25) is 0 Å². The van der Waals surface area contributed by atoms with Crippen molar-refractivity contribution in [3.05, 3.63) is 52.0 Å². The van der Waals surface area contributed by atoms with Crippen LogP contribution in [0.1, 0.15) is 6.92 Å². The van der Waals surface area contributed by atoms with Crippen LogP contribution in [0, 0.1) is 23.3 Å². The predicted octanol–water partition coefficient (Wildman–Crippen LogP) is 5.21. The Morgan fingerprint density at radius 1 is 1.00 bits per heavy atom. The number of nitrogens with one attached hydrogen (secondary N) is 2.